The minimum atomic E-state index is -4.76. The van der Waals surface area contributed by atoms with Crippen molar-refractivity contribution in [3.05, 3.63) is 51.0 Å². The number of fused-ring (bicyclic) bond motifs is 1. The number of amides is 2. The summed E-state index contributed by atoms with van der Waals surface area (Å²) in [5.74, 6) is -2.03. The summed E-state index contributed by atoms with van der Waals surface area (Å²) in [7, 11) is 0. The molecule has 1 atom stereocenters. The van der Waals surface area contributed by atoms with Gasteiger partial charge in [-0.15, -0.1) is 16.4 Å². The fourth-order valence-electron chi connectivity index (χ4n) is 3.06. The van der Waals surface area contributed by atoms with E-state index in [9.17, 15) is 35.9 Å². The first-order valence-corrected chi connectivity index (χ1v) is 11.3. The second-order valence-electron chi connectivity index (χ2n) is 7.52. The van der Waals surface area contributed by atoms with Gasteiger partial charge in [-0.2, -0.15) is 26.3 Å². The molecular weight excluding hydrogens is 568 g/mol. The molecule has 4 aromatic rings. The van der Waals surface area contributed by atoms with Crippen LogP contribution in [0.25, 0.3) is 11.2 Å². The number of rotatable bonds is 6. The third-order valence-electron chi connectivity index (χ3n) is 4.71. The normalized spacial score (nSPS) is 12.9. The van der Waals surface area contributed by atoms with Crippen LogP contribution in [0.3, 0.4) is 0 Å². The third-order valence-corrected chi connectivity index (χ3v) is 6.19. The number of hydrogen-bond donors (Lipinski definition) is 2. The monoisotopic (exact) mass is 579 g/mol. The van der Waals surface area contributed by atoms with Gasteiger partial charge < -0.3 is 10.6 Å². The number of aromatic nitrogens is 7. The number of alkyl halides is 6. The molecule has 0 aromatic carbocycles. The van der Waals surface area contributed by atoms with Crippen molar-refractivity contribution in [3.8, 4) is 0 Å². The van der Waals surface area contributed by atoms with Gasteiger partial charge in [-0.05, 0) is 13.0 Å². The maximum absolute atomic E-state index is 13.0. The molecular formula is C19H12ClF6N9O2S. The summed E-state index contributed by atoms with van der Waals surface area (Å²) >= 11 is 6.35. The van der Waals surface area contributed by atoms with Crippen LogP contribution in [0, 0.1) is 0 Å². The third kappa shape index (κ3) is 5.96. The summed E-state index contributed by atoms with van der Waals surface area (Å²) in [6, 6.07) is -0.229. The standard InChI is InChI=1S/C19H12ClF6N9O2S/c1-7(31-16(37)13-12-14(30-6-29-13)35(34-33-12)5-18(21,22)23)17-28-4-10(38-17)15(36)32-11-2-8(19(24,25)26)9(20)3-27-11/h2-4,6-7H,5H2,1H3,(H,31,37)(H,27,32,36). The predicted molar refractivity (Wildman–Crippen MR) is 119 cm³/mol. The Morgan fingerprint density at radius 3 is 2.50 bits per heavy atom. The number of anilines is 1. The average Bonchev–Trinajstić information content (AvgIpc) is 3.46. The van der Waals surface area contributed by atoms with E-state index in [1.54, 1.807) is 0 Å². The lowest BCUT2D eigenvalue weighted by atomic mass is 10.2. The van der Waals surface area contributed by atoms with Crippen LogP contribution in [0.5, 0.6) is 0 Å². The van der Waals surface area contributed by atoms with Gasteiger partial charge in [0.25, 0.3) is 11.8 Å². The number of pyridine rings is 1. The molecule has 19 heteroatoms. The fourth-order valence-corrected chi connectivity index (χ4v) is 4.08. The van der Waals surface area contributed by atoms with Crippen molar-refractivity contribution in [1.29, 1.82) is 0 Å². The molecule has 4 aromatic heterocycles. The molecule has 11 nitrogen and oxygen atoms in total. The van der Waals surface area contributed by atoms with Crippen LogP contribution < -0.4 is 10.6 Å². The van der Waals surface area contributed by atoms with Gasteiger partial charge in [-0.25, -0.2) is 24.6 Å². The smallest absolute Gasteiger partial charge is 0.342 e. The highest BCUT2D eigenvalue weighted by molar-refractivity contribution is 7.13. The Labute approximate surface area is 216 Å². The van der Waals surface area contributed by atoms with Crippen molar-refractivity contribution in [1.82, 2.24) is 40.2 Å². The van der Waals surface area contributed by atoms with Gasteiger partial charge in [-0.3, -0.25) is 9.59 Å². The summed E-state index contributed by atoms with van der Waals surface area (Å²) in [5.41, 5.74) is -2.07. The molecule has 0 saturated heterocycles. The molecule has 4 rings (SSSR count). The summed E-state index contributed by atoms with van der Waals surface area (Å²) < 4.78 is 77.8. The number of carbonyl (C=O) groups is 2. The Balaban J connectivity index is 1.46. The van der Waals surface area contributed by atoms with E-state index in [0.29, 0.717) is 10.7 Å². The van der Waals surface area contributed by atoms with Crippen LogP contribution in [-0.4, -0.2) is 52.9 Å². The first kappa shape index (κ1) is 27.1. The summed E-state index contributed by atoms with van der Waals surface area (Å²) in [6.45, 7) is 0.0403. The zero-order valence-corrected chi connectivity index (χ0v) is 20.2. The van der Waals surface area contributed by atoms with E-state index < -0.39 is 53.2 Å². The molecule has 0 spiro atoms. The lowest BCUT2D eigenvalue weighted by Crippen LogP contribution is -2.27. The molecule has 0 bridgehead atoms. The molecule has 4 heterocycles. The number of thiazole rings is 1. The number of hydrogen-bond acceptors (Lipinski definition) is 9. The van der Waals surface area contributed by atoms with Crippen molar-refractivity contribution >= 4 is 51.7 Å². The Morgan fingerprint density at radius 1 is 1.08 bits per heavy atom. The van der Waals surface area contributed by atoms with E-state index in [0.717, 1.165) is 30.1 Å². The minimum absolute atomic E-state index is 0.00840. The largest absolute Gasteiger partial charge is 0.418 e. The van der Waals surface area contributed by atoms with Crippen LogP contribution in [0.4, 0.5) is 32.2 Å². The van der Waals surface area contributed by atoms with E-state index in [-0.39, 0.29) is 26.7 Å². The molecule has 200 valence electrons. The number of carbonyl (C=O) groups excluding carboxylic acids is 2. The van der Waals surface area contributed by atoms with E-state index in [1.165, 1.54) is 6.92 Å². The lowest BCUT2D eigenvalue weighted by molar-refractivity contribution is -0.142. The average molecular weight is 580 g/mol. The molecule has 2 amide bonds. The summed E-state index contributed by atoms with van der Waals surface area (Å²) in [4.78, 5) is 40.4. The molecule has 2 N–H and O–H groups in total. The van der Waals surface area contributed by atoms with Crippen LogP contribution in [0.15, 0.2) is 24.8 Å². The first-order chi connectivity index (χ1) is 17.7. The van der Waals surface area contributed by atoms with E-state index in [2.05, 4.69) is 40.9 Å². The van der Waals surface area contributed by atoms with Crippen LogP contribution >= 0.6 is 22.9 Å². The van der Waals surface area contributed by atoms with Crippen LogP contribution in [0.2, 0.25) is 5.02 Å². The van der Waals surface area contributed by atoms with Gasteiger partial charge in [0.15, 0.2) is 16.9 Å². The highest BCUT2D eigenvalue weighted by Gasteiger charge is 2.34. The first-order valence-electron chi connectivity index (χ1n) is 10.1. The Bertz CT molecular complexity index is 1520. The number of nitrogens with one attached hydrogen (secondary N) is 2. The van der Waals surface area contributed by atoms with E-state index in [4.69, 9.17) is 11.6 Å². The van der Waals surface area contributed by atoms with Gasteiger partial charge in [0, 0.05) is 6.20 Å². The van der Waals surface area contributed by atoms with Crippen molar-refractivity contribution < 1.29 is 35.9 Å². The van der Waals surface area contributed by atoms with Gasteiger partial charge >= 0.3 is 12.4 Å². The fraction of sp³-hybridized carbons (Fsp3) is 0.263. The molecule has 1 unspecified atom stereocenters. The predicted octanol–water partition coefficient (Wildman–Crippen LogP) is 4.05. The zero-order valence-electron chi connectivity index (χ0n) is 18.6. The minimum Gasteiger partial charge on any atom is -0.342 e. The van der Waals surface area contributed by atoms with Gasteiger partial charge in [-0.1, -0.05) is 16.8 Å². The van der Waals surface area contributed by atoms with Gasteiger partial charge in [0.05, 0.1) is 22.8 Å². The maximum Gasteiger partial charge on any atom is 0.418 e. The summed E-state index contributed by atoms with van der Waals surface area (Å²) in [5, 5.41) is 11.3. The second-order valence-corrected chi connectivity index (χ2v) is 8.99. The highest BCUT2D eigenvalue weighted by Crippen LogP contribution is 2.35. The number of nitrogens with zero attached hydrogens (tertiary/aromatic N) is 7. The van der Waals surface area contributed by atoms with Gasteiger partial charge in [0.2, 0.25) is 0 Å². The molecule has 0 fully saturated rings. The molecule has 0 aliphatic rings. The van der Waals surface area contributed by atoms with Crippen molar-refractivity contribution in [2.45, 2.75) is 31.9 Å². The highest BCUT2D eigenvalue weighted by atomic mass is 35.5. The molecule has 0 aliphatic carbocycles. The van der Waals surface area contributed by atoms with Gasteiger partial charge in [0.1, 0.15) is 28.6 Å². The Kier molecular flexibility index (Phi) is 7.20. The second kappa shape index (κ2) is 10.1. The molecule has 0 saturated carbocycles. The maximum atomic E-state index is 13.0. The topological polar surface area (TPSA) is 140 Å². The Morgan fingerprint density at radius 2 is 1.82 bits per heavy atom. The number of halogens is 7. The molecule has 0 aliphatic heterocycles. The molecule has 38 heavy (non-hydrogen) atoms. The van der Waals surface area contributed by atoms with Crippen molar-refractivity contribution in [2.24, 2.45) is 0 Å². The quantitative estimate of drug-likeness (QED) is 0.326. The van der Waals surface area contributed by atoms with E-state index in [1.807, 2.05) is 0 Å². The Hall–Kier alpha value is -3.93. The summed E-state index contributed by atoms with van der Waals surface area (Å²) in [6.07, 6.45) is -6.57. The van der Waals surface area contributed by atoms with Crippen molar-refractivity contribution in [2.75, 3.05) is 5.32 Å². The van der Waals surface area contributed by atoms with E-state index >= 15 is 0 Å². The van der Waals surface area contributed by atoms with Crippen LogP contribution in [-0.2, 0) is 12.7 Å². The van der Waals surface area contributed by atoms with Crippen molar-refractivity contribution in [3.63, 3.8) is 0 Å². The zero-order chi connectivity index (χ0) is 27.8. The SMILES string of the molecule is CC(NC(=O)c1ncnc2c1nnn2CC(F)(F)F)c1ncc(C(=O)Nc2cc(C(F)(F)F)c(Cl)cn2)s1. The molecule has 0 radical (unpaired) electrons. The van der Waals surface area contributed by atoms with Crippen LogP contribution in [0.1, 0.15) is 43.7 Å². The lowest BCUT2D eigenvalue weighted by Gasteiger charge is -2.11.